The molecule has 1 amide bonds. The van der Waals surface area contributed by atoms with E-state index in [0.29, 0.717) is 12.3 Å². The van der Waals surface area contributed by atoms with Gasteiger partial charge in [-0.2, -0.15) is 0 Å². The van der Waals surface area contributed by atoms with Gasteiger partial charge in [-0.1, -0.05) is 6.42 Å². The van der Waals surface area contributed by atoms with Crippen molar-refractivity contribution in [1.29, 1.82) is 0 Å². The number of carbonyl (C=O) groups excluding carboxylic acids is 1. The predicted octanol–water partition coefficient (Wildman–Crippen LogP) is 1.76. The highest BCUT2D eigenvalue weighted by Crippen LogP contribution is 2.31. The number of amides is 1. The summed E-state index contributed by atoms with van der Waals surface area (Å²) in [6, 6.07) is 0. The maximum absolute atomic E-state index is 12.5. The molecule has 0 bridgehead atoms. The zero-order valence-electron chi connectivity index (χ0n) is 12.2. The average Bonchev–Trinajstić information content (AvgIpc) is 2.48. The Bertz CT molecular complexity index is 350. The maximum Gasteiger partial charge on any atom is 0.306 e. The lowest BCUT2D eigenvalue weighted by molar-refractivity contribution is -0.146. The molecule has 1 saturated heterocycles. The second-order valence-electron chi connectivity index (χ2n) is 6.12. The zero-order valence-corrected chi connectivity index (χ0v) is 12.2. The summed E-state index contributed by atoms with van der Waals surface area (Å²) in [5, 5.41) is 9.10. The lowest BCUT2D eigenvalue weighted by Crippen LogP contribution is -2.44. The van der Waals surface area contributed by atoms with Crippen molar-refractivity contribution >= 4 is 11.9 Å². The van der Waals surface area contributed by atoms with Crippen molar-refractivity contribution in [2.24, 2.45) is 17.8 Å². The first kappa shape index (κ1) is 15.3. The first-order chi connectivity index (χ1) is 9.61. The van der Waals surface area contributed by atoms with Crippen LogP contribution in [0.4, 0.5) is 0 Å². The van der Waals surface area contributed by atoms with Crippen molar-refractivity contribution in [1.82, 2.24) is 4.90 Å². The van der Waals surface area contributed by atoms with Crippen LogP contribution in [0.3, 0.4) is 0 Å². The number of rotatable bonds is 4. The molecule has 5 nitrogen and oxygen atoms in total. The van der Waals surface area contributed by atoms with Crippen LogP contribution >= 0.6 is 0 Å². The molecule has 5 heteroatoms. The Morgan fingerprint density at radius 1 is 1.15 bits per heavy atom. The van der Waals surface area contributed by atoms with E-state index in [4.69, 9.17) is 9.84 Å². The van der Waals surface area contributed by atoms with Gasteiger partial charge in [0.25, 0.3) is 0 Å². The van der Waals surface area contributed by atoms with Crippen LogP contribution in [0, 0.1) is 17.8 Å². The van der Waals surface area contributed by atoms with Gasteiger partial charge in [-0.25, -0.2) is 0 Å². The van der Waals surface area contributed by atoms with E-state index < -0.39 is 5.97 Å². The van der Waals surface area contributed by atoms with Crippen LogP contribution in [0.15, 0.2) is 0 Å². The summed E-state index contributed by atoms with van der Waals surface area (Å²) in [5.74, 6) is -0.428. The molecule has 1 saturated carbocycles. The van der Waals surface area contributed by atoms with Crippen molar-refractivity contribution in [2.75, 3.05) is 26.8 Å². The molecule has 1 aliphatic heterocycles. The van der Waals surface area contributed by atoms with Gasteiger partial charge in [0.05, 0.1) is 5.92 Å². The van der Waals surface area contributed by atoms with Gasteiger partial charge < -0.3 is 14.7 Å². The summed E-state index contributed by atoms with van der Waals surface area (Å²) in [5.41, 5.74) is 0. The molecule has 0 radical (unpaired) electrons. The van der Waals surface area contributed by atoms with Crippen molar-refractivity contribution in [3.63, 3.8) is 0 Å². The lowest BCUT2D eigenvalue weighted by atomic mass is 9.80. The standard InChI is InChI=1S/C15H25NO4/c1-20-10-11-5-7-16(8-6-11)14(17)12-3-2-4-13(9-12)15(18)19/h11-13H,2-10H2,1H3,(H,18,19)/t12-,13+/m1/s1. The first-order valence-corrected chi connectivity index (χ1v) is 7.62. The van der Waals surface area contributed by atoms with Crippen LogP contribution in [-0.4, -0.2) is 48.7 Å². The van der Waals surface area contributed by atoms with Gasteiger partial charge in [-0.15, -0.1) is 0 Å². The smallest absolute Gasteiger partial charge is 0.306 e. The van der Waals surface area contributed by atoms with Gasteiger partial charge in [0.2, 0.25) is 5.91 Å². The summed E-state index contributed by atoms with van der Waals surface area (Å²) in [7, 11) is 1.71. The number of nitrogens with zero attached hydrogens (tertiary/aromatic N) is 1. The number of piperidine rings is 1. The predicted molar refractivity (Wildman–Crippen MR) is 74.3 cm³/mol. The largest absolute Gasteiger partial charge is 0.481 e. The molecule has 0 aromatic heterocycles. The molecule has 0 aromatic carbocycles. The maximum atomic E-state index is 12.5. The Morgan fingerprint density at radius 2 is 1.80 bits per heavy atom. The second kappa shape index (κ2) is 7.07. The van der Waals surface area contributed by atoms with Crippen molar-refractivity contribution in [3.05, 3.63) is 0 Å². The zero-order chi connectivity index (χ0) is 14.5. The number of methoxy groups -OCH3 is 1. The monoisotopic (exact) mass is 283 g/mol. The molecule has 20 heavy (non-hydrogen) atoms. The Balaban J connectivity index is 1.84. The highest BCUT2D eigenvalue weighted by atomic mass is 16.5. The van der Waals surface area contributed by atoms with Gasteiger partial charge in [0.15, 0.2) is 0 Å². The van der Waals surface area contributed by atoms with E-state index in [-0.39, 0.29) is 17.7 Å². The number of ether oxygens (including phenoxy) is 1. The van der Waals surface area contributed by atoms with E-state index in [1.165, 1.54) is 0 Å². The van der Waals surface area contributed by atoms with Crippen LogP contribution in [-0.2, 0) is 14.3 Å². The Hall–Kier alpha value is -1.10. The number of hydrogen-bond donors (Lipinski definition) is 1. The molecule has 114 valence electrons. The first-order valence-electron chi connectivity index (χ1n) is 7.62. The van der Waals surface area contributed by atoms with Crippen LogP contribution < -0.4 is 0 Å². The molecular weight excluding hydrogens is 258 g/mol. The van der Waals surface area contributed by atoms with E-state index in [1.807, 2.05) is 4.90 Å². The SMILES string of the molecule is COCC1CCN(C(=O)[C@@H]2CCC[C@H](C(=O)O)C2)CC1. The second-order valence-corrected chi connectivity index (χ2v) is 6.12. The minimum Gasteiger partial charge on any atom is -0.481 e. The third-order valence-electron chi connectivity index (χ3n) is 4.70. The highest BCUT2D eigenvalue weighted by Gasteiger charge is 2.34. The lowest BCUT2D eigenvalue weighted by Gasteiger charge is -2.35. The third kappa shape index (κ3) is 3.72. The van der Waals surface area contributed by atoms with Crippen molar-refractivity contribution < 1.29 is 19.4 Å². The average molecular weight is 283 g/mol. The molecule has 0 aromatic rings. The van der Waals surface area contributed by atoms with Gasteiger partial charge in [-0.3, -0.25) is 9.59 Å². The normalized spacial score (nSPS) is 28.4. The summed E-state index contributed by atoms with van der Waals surface area (Å²) in [6.45, 7) is 2.36. The fourth-order valence-electron chi connectivity index (χ4n) is 3.45. The van der Waals surface area contributed by atoms with E-state index >= 15 is 0 Å². The van der Waals surface area contributed by atoms with Crippen LogP contribution in [0.2, 0.25) is 0 Å². The topological polar surface area (TPSA) is 66.8 Å². The number of hydrogen-bond acceptors (Lipinski definition) is 3. The molecule has 0 unspecified atom stereocenters. The quantitative estimate of drug-likeness (QED) is 0.853. The number of aliphatic carboxylic acids is 1. The number of carboxylic acid groups (broad SMARTS) is 1. The van der Waals surface area contributed by atoms with Gasteiger partial charge in [-0.05, 0) is 38.0 Å². The molecule has 1 N–H and O–H groups in total. The Kier molecular flexibility index (Phi) is 5.40. The van der Waals surface area contributed by atoms with E-state index in [0.717, 1.165) is 51.8 Å². The minimum atomic E-state index is -0.749. The van der Waals surface area contributed by atoms with Crippen LogP contribution in [0.5, 0.6) is 0 Å². The number of carbonyl (C=O) groups is 2. The Labute approximate surface area is 120 Å². The van der Waals surface area contributed by atoms with Crippen LogP contribution in [0.1, 0.15) is 38.5 Å². The summed E-state index contributed by atoms with van der Waals surface area (Å²) in [4.78, 5) is 25.5. The van der Waals surface area contributed by atoms with E-state index in [2.05, 4.69) is 0 Å². The molecule has 2 rings (SSSR count). The van der Waals surface area contributed by atoms with E-state index in [9.17, 15) is 9.59 Å². The number of likely N-dealkylation sites (tertiary alicyclic amines) is 1. The van der Waals surface area contributed by atoms with Gasteiger partial charge in [0, 0.05) is 32.7 Å². The molecule has 1 aliphatic carbocycles. The third-order valence-corrected chi connectivity index (χ3v) is 4.70. The summed E-state index contributed by atoms with van der Waals surface area (Å²) >= 11 is 0. The number of carboxylic acids is 1. The van der Waals surface area contributed by atoms with Crippen LogP contribution in [0.25, 0.3) is 0 Å². The molecule has 1 heterocycles. The fraction of sp³-hybridized carbons (Fsp3) is 0.867. The van der Waals surface area contributed by atoms with Crippen molar-refractivity contribution in [2.45, 2.75) is 38.5 Å². The van der Waals surface area contributed by atoms with Gasteiger partial charge >= 0.3 is 5.97 Å². The molecular formula is C15H25NO4. The molecule has 2 atom stereocenters. The highest BCUT2D eigenvalue weighted by molar-refractivity contribution is 5.80. The fourth-order valence-corrected chi connectivity index (χ4v) is 3.45. The van der Waals surface area contributed by atoms with Gasteiger partial charge in [0.1, 0.15) is 0 Å². The summed E-state index contributed by atoms with van der Waals surface area (Å²) in [6.07, 6.45) is 4.93. The molecule has 0 spiro atoms. The minimum absolute atomic E-state index is 0.0798. The summed E-state index contributed by atoms with van der Waals surface area (Å²) < 4.78 is 5.17. The molecule has 2 fully saturated rings. The van der Waals surface area contributed by atoms with E-state index in [1.54, 1.807) is 7.11 Å². The van der Waals surface area contributed by atoms with Crippen molar-refractivity contribution in [3.8, 4) is 0 Å². The molecule has 2 aliphatic rings. The Morgan fingerprint density at radius 3 is 2.40 bits per heavy atom.